The zero-order valence-corrected chi connectivity index (χ0v) is 11.3. The van der Waals surface area contributed by atoms with Crippen LogP contribution in [0.15, 0.2) is 0 Å². The molecule has 3 fully saturated rings. The quantitative estimate of drug-likeness (QED) is 0.832. The van der Waals surface area contributed by atoms with Crippen LogP contribution in [0.5, 0.6) is 0 Å². The molecule has 0 spiro atoms. The molecule has 0 aromatic rings. The minimum atomic E-state index is -0.207. The predicted octanol–water partition coefficient (Wildman–Crippen LogP) is 2.43. The van der Waals surface area contributed by atoms with E-state index >= 15 is 0 Å². The summed E-state index contributed by atoms with van der Waals surface area (Å²) in [6.45, 7) is 2.52. The smallest absolute Gasteiger partial charge is 0.108 e. The van der Waals surface area contributed by atoms with E-state index in [0.29, 0.717) is 12.1 Å². The fourth-order valence-corrected chi connectivity index (χ4v) is 3.72. The van der Waals surface area contributed by atoms with Crippen LogP contribution in [0.3, 0.4) is 0 Å². The molecule has 1 aliphatic heterocycles. The van der Waals surface area contributed by atoms with Crippen molar-refractivity contribution in [3.63, 3.8) is 0 Å². The van der Waals surface area contributed by atoms with E-state index in [1.807, 2.05) is 0 Å². The van der Waals surface area contributed by atoms with Crippen molar-refractivity contribution in [3.05, 3.63) is 0 Å². The van der Waals surface area contributed by atoms with Crippen molar-refractivity contribution in [2.24, 2.45) is 0 Å². The van der Waals surface area contributed by atoms with E-state index in [-0.39, 0.29) is 5.54 Å². The average molecular weight is 247 g/mol. The van der Waals surface area contributed by atoms with Crippen molar-refractivity contribution in [1.29, 1.82) is 5.26 Å². The lowest BCUT2D eigenvalue weighted by molar-refractivity contribution is 0.100. The molecule has 0 radical (unpaired) electrons. The lowest BCUT2D eigenvalue weighted by Crippen LogP contribution is -2.54. The Labute approximate surface area is 111 Å². The summed E-state index contributed by atoms with van der Waals surface area (Å²) in [7, 11) is 0. The summed E-state index contributed by atoms with van der Waals surface area (Å²) in [4.78, 5) is 2.66. The average Bonchev–Trinajstić information content (AvgIpc) is 3.24. The molecule has 100 valence electrons. The molecule has 2 unspecified atom stereocenters. The normalized spacial score (nSPS) is 38.3. The highest BCUT2D eigenvalue weighted by Gasteiger charge is 2.41. The molecule has 2 atom stereocenters. The summed E-state index contributed by atoms with van der Waals surface area (Å²) < 4.78 is 0. The minimum absolute atomic E-state index is 0.207. The van der Waals surface area contributed by atoms with E-state index in [2.05, 4.69) is 16.3 Å². The molecule has 3 aliphatic rings. The third-order valence-electron chi connectivity index (χ3n) is 4.90. The second-order valence-electron chi connectivity index (χ2n) is 6.46. The van der Waals surface area contributed by atoms with E-state index in [1.165, 1.54) is 58.0 Å². The van der Waals surface area contributed by atoms with Gasteiger partial charge < -0.3 is 4.90 Å². The first kappa shape index (κ1) is 12.4. The molecular weight excluding hydrogens is 222 g/mol. The lowest BCUT2D eigenvalue weighted by atomic mass is 9.78. The van der Waals surface area contributed by atoms with Crippen LogP contribution in [0.1, 0.15) is 57.8 Å². The van der Waals surface area contributed by atoms with Crippen LogP contribution in [0, 0.1) is 11.3 Å². The number of likely N-dealkylation sites (tertiary alicyclic amines) is 1. The van der Waals surface area contributed by atoms with Crippen molar-refractivity contribution in [1.82, 2.24) is 10.2 Å². The first-order valence-electron chi connectivity index (χ1n) is 7.74. The van der Waals surface area contributed by atoms with Gasteiger partial charge in [-0.1, -0.05) is 6.42 Å². The highest BCUT2D eigenvalue weighted by Crippen LogP contribution is 2.35. The molecule has 1 N–H and O–H groups in total. The number of piperidine rings is 1. The Balaban J connectivity index is 1.63. The molecule has 1 saturated heterocycles. The molecule has 0 aromatic carbocycles. The molecule has 0 aromatic heterocycles. The Morgan fingerprint density at radius 3 is 2.50 bits per heavy atom. The number of hydrogen-bond acceptors (Lipinski definition) is 3. The third-order valence-corrected chi connectivity index (χ3v) is 4.90. The van der Waals surface area contributed by atoms with Crippen LogP contribution in [0.4, 0.5) is 0 Å². The molecule has 3 heteroatoms. The van der Waals surface area contributed by atoms with Gasteiger partial charge in [0.15, 0.2) is 0 Å². The van der Waals surface area contributed by atoms with Gasteiger partial charge >= 0.3 is 0 Å². The molecule has 2 aliphatic carbocycles. The maximum absolute atomic E-state index is 9.60. The molecule has 1 heterocycles. The Morgan fingerprint density at radius 2 is 1.83 bits per heavy atom. The third kappa shape index (κ3) is 2.70. The van der Waals surface area contributed by atoms with Crippen molar-refractivity contribution in [3.8, 4) is 6.07 Å². The van der Waals surface area contributed by atoms with Crippen LogP contribution in [0.25, 0.3) is 0 Å². The van der Waals surface area contributed by atoms with Crippen molar-refractivity contribution in [2.75, 3.05) is 13.1 Å². The monoisotopic (exact) mass is 247 g/mol. The zero-order valence-electron chi connectivity index (χ0n) is 11.3. The molecule has 18 heavy (non-hydrogen) atoms. The van der Waals surface area contributed by atoms with Crippen LogP contribution in [0.2, 0.25) is 0 Å². The fraction of sp³-hybridized carbons (Fsp3) is 0.933. The van der Waals surface area contributed by atoms with E-state index in [1.54, 1.807) is 0 Å². The van der Waals surface area contributed by atoms with Crippen molar-refractivity contribution >= 4 is 0 Å². The summed E-state index contributed by atoms with van der Waals surface area (Å²) in [5.74, 6) is 0. The molecule has 2 saturated carbocycles. The Hall–Kier alpha value is -0.590. The summed E-state index contributed by atoms with van der Waals surface area (Å²) >= 11 is 0. The fourth-order valence-electron chi connectivity index (χ4n) is 3.72. The molecular formula is C15H25N3. The summed E-state index contributed by atoms with van der Waals surface area (Å²) in [5.41, 5.74) is -0.207. The van der Waals surface area contributed by atoms with Crippen molar-refractivity contribution in [2.45, 2.75) is 75.4 Å². The number of hydrogen-bond donors (Lipinski definition) is 1. The van der Waals surface area contributed by atoms with E-state index in [0.717, 1.165) is 12.8 Å². The van der Waals surface area contributed by atoms with Gasteiger partial charge in [0.1, 0.15) is 5.54 Å². The van der Waals surface area contributed by atoms with Crippen molar-refractivity contribution < 1.29 is 0 Å². The van der Waals surface area contributed by atoms with E-state index < -0.39 is 0 Å². The van der Waals surface area contributed by atoms with Crippen LogP contribution >= 0.6 is 0 Å². The van der Waals surface area contributed by atoms with Crippen LogP contribution < -0.4 is 5.32 Å². The second kappa shape index (κ2) is 5.19. The highest BCUT2D eigenvalue weighted by molar-refractivity contribution is 5.13. The first-order valence-corrected chi connectivity index (χ1v) is 7.74. The Bertz CT molecular complexity index is 325. The van der Waals surface area contributed by atoms with Crippen LogP contribution in [-0.2, 0) is 0 Å². The predicted molar refractivity (Wildman–Crippen MR) is 72.2 cm³/mol. The van der Waals surface area contributed by atoms with Crippen LogP contribution in [-0.4, -0.2) is 35.6 Å². The second-order valence-corrected chi connectivity index (χ2v) is 6.46. The van der Waals surface area contributed by atoms with Gasteiger partial charge in [0, 0.05) is 12.1 Å². The van der Waals surface area contributed by atoms with Gasteiger partial charge in [-0.2, -0.15) is 5.26 Å². The topological polar surface area (TPSA) is 39.1 Å². The van der Waals surface area contributed by atoms with Gasteiger partial charge in [-0.25, -0.2) is 0 Å². The lowest BCUT2D eigenvalue weighted by Gasteiger charge is -2.43. The van der Waals surface area contributed by atoms with Gasteiger partial charge in [-0.3, -0.25) is 5.32 Å². The first-order chi connectivity index (χ1) is 8.81. The molecule has 3 rings (SSSR count). The summed E-state index contributed by atoms with van der Waals surface area (Å²) in [6.07, 6.45) is 11.3. The highest BCUT2D eigenvalue weighted by atomic mass is 15.2. The standard InChI is InChI=1S/C15H25N3/c16-12-15(17-13-6-7-13)8-4-5-14(11-15)18-9-2-1-3-10-18/h13-14,17H,1-11H2. The molecule has 3 nitrogen and oxygen atoms in total. The largest absolute Gasteiger partial charge is 0.300 e. The maximum atomic E-state index is 9.60. The number of rotatable bonds is 3. The Kier molecular flexibility index (Phi) is 3.59. The SMILES string of the molecule is N#CC1(NC2CC2)CCCC(N2CCCCC2)C1. The summed E-state index contributed by atoms with van der Waals surface area (Å²) in [5, 5.41) is 13.2. The Morgan fingerprint density at radius 1 is 1.06 bits per heavy atom. The molecule has 0 amide bonds. The van der Waals surface area contributed by atoms with Gasteiger partial charge in [0.2, 0.25) is 0 Å². The zero-order chi connectivity index (χ0) is 12.4. The van der Waals surface area contributed by atoms with Gasteiger partial charge in [-0.15, -0.1) is 0 Å². The van der Waals surface area contributed by atoms with Gasteiger partial charge in [0.25, 0.3) is 0 Å². The number of nitrogens with one attached hydrogen (secondary N) is 1. The number of nitriles is 1. The number of nitrogens with zero attached hydrogens (tertiary/aromatic N) is 2. The minimum Gasteiger partial charge on any atom is -0.300 e. The molecule has 0 bridgehead atoms. The summed E-state index contributed by atoms with van der Waals surface area (Å²) in [6, 6.07) is 3.92. The van der Waals surface area contributed by atoms with Gasteiger partial charge in [-0.05, 0) is 64.5 Å². The maximum Gasteiger partial charge on any atom is 0.108 e. The van der Waals surface area contributed by atoms with E-state index in [4.69, 9.17) is 0 Å². The van der Waals surface area contributed by atoms with E-state index in [9.17, 15) is 5.26 Å². The van der Waals surface area contributed by atoms with Gasteiger partial charge in [0.05, 0.1) is 6.07 Å².